The fourth-order valence-corrected chi connectivity index (χ4v) is 2.10. The van der Waals surface area contributed by atoms with E-state index in [1.54, 1.807) is 0 Å². The van der Waals surface area contributed by atoms with Gasteiger partial charge < -0.3 is 14.8 Å². The molecule has 0 saturated carbocycles. The predicted octanol–water partition coefficient (Wildman–Crippen LogP) is 2.65. The lowest BCUT2D eigenvalue weighted by molar-refractivity contribution is 0.171. The van der Waals surface area contributed by atoms with Gasteiger partial charge in [-0.1, -0.05) is 25.4 Å². The zero-order valence-electron chi connectivity index (χ0n) is 10.3. The van der Waals surface area contributed by atoms with Crippen LogP contribution in [-0.2, 0) is 6.42 Å². The molecule has 1 heterocycles. The van der Waals surface area contributed by atoms with Gasteiger partial charge in [-0.25, -0.2) is 0 Å². The second kappa shape index (κ2) is 5.61. The first-order valence-electron chi connectivity index (χ1n) is 5.98. The number of hydrogen-bond acceptors (Lipinski definition) is 3. The van der Waals surface area contributed by atoms with Gasteiger partial charge in [0.05, 0.1) is 5.02 Å². The second-order valence-electron chi connectivity index (χ2n) is 4.46. The normalized spacial score (nSPS) is 14.1. The van der Waals surface area contributed by atoms with Gasteiger partial charge in [-0.05, 0) is 30.7 Å². The van der Waals surface area contributed by atoms with Gasteiger partial charge in [0.2, 0.25) is 0 Å². The first kappa shape index (κ1) is 12.5. The Hall–Kier alpha value is -0.930. The minimum Gasteiger partial charge on any atom is -0.486 e. The summed E-state index contributed by atoms with van der Waals surface area (Å²) in [5, 5.41) is 4.02. The molecule has 0 unspecified atom stereocenters. The predicted molar refractivity (Wildman–Crippen MR) is 69.3 cm³/mol. The summed E-state index contributed by atoms with van der Waals surface area (Å²) >= 11 is 6.16. The summed E-state index contributed by atoms with van der Waals surface area (Å²) in [4.78, 5) is 0. The second-order valence-corrected chi connectivity index (χ2v) is 4.87. The van der Waals surface area contributed by atoms with Crippen LogP contribution in [0, 0.1) is 0 Å². The standard InChI is InChI=1S/C13H18ClNO2/c1-9(2)15-4-3-10-7-11(14)13-12(8-10)16-5-6-17-13/h7-9,15H,3-6H2,1-2H3. The summed E-state index contributed by atoms with van der Waals surface area (Å²) in [6, 6.07) is 4.47. The Labute approximate surface area is 107 Å². The third kappa shape index (κ3) is 3.27. The van der Waals surface area contributed by atoms with E-state index in [2.05, 4.69) is 19.2 Å². The van der Waals surface area contributed by atoms with Gasteiger partial charge in [0.1, 0.15) is 13.2 Å². The van der Waals surface area contributed by atoms with E-state index in [-0.39, 0.29) is 0 Å². The summed E-state index contributed by atoms with van der Waals surface area (Å²) in [7, 11) is 0. The van der Waals surface area contributed by atoms with Gasteiger partial charge in [-0.15, -0.1) is 0 Å². The first-order chi connectivity index (χ1) is 8.16. The average Bonchev–Trinajstić information content (AvgIpc) is 2.28. The lowest BCUT2D eigenvalue weighted by Crippen LogP contribution is -2.25. The molecule has 0 aliphatic carbocycles. The molecule has 0 spiro atoms. The number of ether oxygens (including phenoxy) is 2. The Kier molecular flexibility index (Phi) is 4.13. The molecule has 1 aromatic carbocycles. The molecule has 3 nitrogen and oxygen atoms in total. The van der Waals surface area contributed by atoms with Crippen molar-refractivity contribution in [2.24, 2.45) is 0 Å². The smallest absolute Gasteiger partial charge is 0.179 e. The highest BCUT2D eigenvalue weighted by atomic mass is 35.5. The molecule has 0 radical (unpaired) electrons. The number of rotatable bonds is 4. The van der Waals surface area contributed by atoms with Gasteiger partial charge in [-0.3, -0.25) is 0 Å². The van der Waals surface area contributed by atoms with E-state index in [0.29, 0.717) is 30.0 Å². The van der Waals surface area contributed by atoms with E-state index in [4.69, 9.17) is 21.1 Å². The van der Waals surface area contributed by atoms with E-state index < -0.39 is 0 Å². The highest BCUT2D eigenvalue weighted by molar-refractivity contribution is 6.32. The van der Waals surface area contributed by atoms with E-state index in [1.807, 2.05) is 12.1 Å². The van der Waals surface area contributed by atoms with Crippen molar-refractivity contribution in [3.63, 3.8) is 0 Å². The van der Waals surface area contributed by atoms with Crippen LogP contribution in [0.3, 0.4) is 0 Å². The summed E-state index contributed by atoms with van der Waals surface area (Å²) in [5.41, 5.74) is 1.17. The minimum atomic E-state index is 0.502. The molecule has 2 rings (SSSR count). The molecule has 1 N–H and O–H groups in total. The molecular formula is C13H18ClNO2. The highest BCUT2D eigenvalue weighted by Crippen LogP contribution is 2.38. The summed E-state index contributed by atoms with van der Waals surface area (Å²) in [5.74, 6) is 1.45. The van der Waals surface area contributed by atoms with Crippen LogP contribution in [0.5, 0.6) is 11.5 Å². The van der Waals surface area contributed by atoms with E-state index in [9.17, 15) is 0 Å². The van der Waals surface area contributed by atoms with Crippen LogP contribution in [0.2, 0.25) is 5.02 Å². The lowest BCUT2D eigenvalue weighted by atomic mass is 10.1. The molecule has 1 aliphatic rings. The van der Waals surface area contributed by atoms with Crippen LogP contribution in [0.25, 0.3) is 0 Å². The average molecular weight is 256 g/mol. The van der Waals surface area contributed by atoms with Crippen molar-refractivity contribution in [3.05, 3.63) is 22.7 Å². The highest BCUT2D eigenvalue weighted by Gasteiger charge is 2.16. The Morgan fingerprint density at radius 1 is 1.29 bits per heavy atom. The van der Waals surface area contributed by atoms with Crippen molar-refractivity contribution in [3.8, 4) is 11.5 Å². The summed E-state index contributed by atoms with van der Waals surface area (Å²) < 4.78 is 11.0. The Bertz CT molecular complexity index is 393. The molecule has 4 heteroatoms. The van der Waals surface area contributed by atoms with Crippen LogP contribution < -0.4 is 14.8 Å². The first-order valence-corrected chi connectivity index (χ1v) is 6.36. The zero-order chi connectivity index (χ0) is 12.3. The SMILES string of the molecule is CC(C)NCCc1cc(Cl)c2c(c1)OCCO2. The Morgan fingerprint density at radius 3 is 2.82 bits per heavy atom. The van der Waals surface area contributed by atoms with Crippen LogP contribution in [-0.4, -0.2) is 25.8 Å². The largest absolute Gasteiger partial charge is 0.486 e. The van der Waals surface area contributed by atoms with Crippen molar-refractivity contribution in [2.45, 2.75) is 26.3 Å². The number of benzene rings is 1. The number of halogens is 1. The van der Waals surface area contributed by atoms with Crippen LogP contribution >= 0.6 is 11.6 Å². The monoisotopic (exact) mass is 255 g/mol. The molecule has 1 aliphatic heterocycles. The molecule has 0 atom stereocenters. The van der Waals surface area contributed by atoms with Gasteiger partial charge >= 0.3 is 0 Å². The van der Waals surface area contributed by atoms with Crippen molar-refractivity contribution in [1.29, 1.82) is 0 Å². The quantitative estimate of drug-likeness (QED) is 0.897. The van der Waals surface area contributed by atoms with Crippen LogP contribution in [0.15, 0.2) is 12.1 Å². The van der Waals surface area contributed by atoms with Gasteiger partial charge in [0, 0.05) is 6.04 Å². The van der Waals surface area contributed by atoms with Crippen molar-refractivity contribution in [1.82, 2.24) is 5.32 Å². The van der Waals surface area contributed by atoms with E-state index in [0.717, 1.165) is 18.7 Å². The van der Waals surface area contributed by atoms with Crippen molar-refractivity contribution in [2.75, 3.05) is 19.8 Å². The summed E-state index contributed by atoms with van der Waals surface area (Å²) in [6.07, 6.45) is 0.939. The molecule has 17 heavy (non-hydrogen) atoms. The summed E-state index contributed by atoms with van der Waals surface area (Å²) in [6.45, 7) is 6.37. The van der Waals surface area contributed by atoms with Crippen molar-refractivity contribution < 1.29 is 9.47 Å². The zero-order valence-corrected chi connectivity index (χ0v) is 11.0. The fraction of sp³-hybridized carbons (Fsp3) is 0.538. The fourth-order valence-electron chi connectivity index (χ4n) is 1.81. The maximum Gasteiger partial charge on any atom is 0.179 e. The van der Waals surface area contributed by atoms with Gasteiger partial charge in [-0.2, -0.15) is 0 Å². The van der Waals surface area contributed by atoms with E-state index in [1.165, 1.54) is 5.56 Å². The topological polar surface area (TPSA) is 30.5 Å². The molecule has 0 bridgehead atoms. The molecule has 1 aromatic rings. The third-order valence-corrected chi connectivity index (χ3v) is 2.90. The Balaban J connectivity index is 2.06. The van der Waals surface area contributed by atoms with Crippen LogP contribution in [0.1, 0.15) is 19.4 Å². The molecule has 0 fully saturated rings. The molecule has 0 amide bonds. The number of hydrogen-bond donors (Lipinski definition) is 1. The van der Waals surface area contributed by atoms with E-state index >= 15 is 0 Å². The van der Waals surface area contributed by atoms with Gasteiger partial charge in [0.15, 0.2) is 11.5 Å². The minimum absolute atomic E-state index is 0.502. The molecule has 0 aromatic heterocycles. The lowest BCUT2D eigenvalue weighted by Gasteiger charge is -2.20. The number of fused-ring (bicyclic) bond motifs is 1. The molecule has 94 valence electrons. The van der Waals surface area contributed by atoms with Crippen LogP contribution in [0.4, 0.5) is 0 Å². The molecule has 0 saturated heterocycles. The third-order valence-electron chi connectivity index (χ3n) is 2.62. The Morgan fingerprint density at radius 2 is 2.06 bits per heavy atom. The number of nitrogens with one attached hydrogen (secondary N) is 1. The van der Waals surface area contributed by atoms with Gasteiger partial charge in [0.25, 0.3) is 0 Å². The van der Waals surface area contributed by atoms with Crippen molar-refractivity contribution >= 4 is 11.6 Å². The maximum absolute atomic E-state index is 6.16. The maximum atomic E-state index is 6.16. The molecular weight excluding hydrogens is 238 g/mol.